The molecule has 0 saturated carbocycles. The van der Waals surface area contributed by atoms with Crippen molar-refractivity contribution in [3.63, 3.8) is 0 Å². The molecule has 0 heterocycles. The van der Waals surface area contributed by atoms with Gasteiger partial charge in [0.25, 0.3) is 0 Å². The molecule has 0 aliphatic heterocycles. The lowest BCUT2D eigenvalue weighted by atomic mass is 10.0. The van der Waals surface area contributed by atoms with Crippen LogP contribution in [0.4, 0.5) is 0 Å². The maximum Gasteiger partial charge on any atom is 0.239 e. The molecule has 0 atom stereocenters. The van der Waals surface area contributed by atoms with Crippen LogP contribution in [-0.2, 0) is 19.9 Å². The van der Waals surface area contributed by atoms with Crippen molar-refractivity contribution in [3.8, 4) is 0 Å². The number of sulfone groups is 1. The Balaban J connectivity index is 2.07. The number of primary sulfonamides is 1. The quantitative estimate of drug-likeness (QED) is 0.579. The molecule has 27 heavy (non-hydrogen) atoms. The maximum atomic E-state index is 12.7. The highest BCUT2D eigenvalue weighted by atomic mass is 79.9. The number of ketones is 1. The van der Waals surface area contributed by atoms with E-state index in [9.17, 15) is 21.6 Å². The van der Waals surface area contributed by atoms with Gasteiger partial charge in [0.05, 0.1) is 4.90 Å². The van der Waals surface area contributed by atoms with E-state index < -0.39 is 41.2 Å². The van der Waals surface area contributed by atoms with Gasteiger partial charge in [0.2, 0.25) is 10.0 Å². The van der Waals surface area contributed by atoms with Gasteiger partial charge >= 0.3 is 0 Å². The SMILES string of the molecule is NS(=O)(=O)c1ccccc1S(=O)(=O)CC(=O)c1ccc(Br)c2ccccc12. The summed E-state index contributed by atoms with van der Waals surface area (Å²) in [6.07, 6.45) is 0. The van der Waals surface area contributed by atoms with Gasteiger partial charge in [-0.15, -0.1) is 0 Å². The summed E-state index contributed by atoms with van der Waals surface area (Å²) in [5.74, 6) is -1.51. The molecule has 3 aromatic rings. The molecule has 0 aromatic heterocycles. The smallest absolute Gasteiger partial charge is 0.239 e. The van der Waals surface area contributed by atoms with E-state index in [1.165, 1.54) is 18.2 Å². The Morgan fingerprint density at radius 1 is 0.815 bits per heavy atom. The first kappa shape index (κ1) is 19.7. The third kappa shape index (κ3) is 3.96. The number of carbonyl (C=O) groups is 1. The largest absolute Gasteiger partial charge is 0.293 e. The highest BCUT2D eigenvalue weighted by Crippen LogP contribution is 2.28. The van der Waals surface area contributed by atoms with Crippen LogP contribution in [0.1, 0.15) is 10.4 Å². The van der Waals surface area contributed by atoms with E-state index in [0.717, 1.165) is 22.0 Å². The first-order chi connectivity index (χ1) is 12.6. The van der Waals surface area contributed by atoms with E-state index in [1.54, 1.807) is 30.3 Å². The van der Waals surface area contributed by atoms with Crippen molar-refractivity contribution in [1.29, 1.82) is 0 Å². The van der Waals surface area contributed by atoms with Crippen LogP contribution >= 0.6 is 15.9 Å². The number of fused-ring (bicyclic) bond motifs is 1. The Morgan fingerprint density at radius 2 is 1.37 bits per heavy atom. The van der Waals surface area contributed by atoms with E-state index in [4.69, 9.17) is 5.14 Å². The van der Waals surface area contributed by atoms with Gasteiger partial charge in [-0.25, -0.2) is 22.0 Å². The number of carbonyl (C=O) groups excluding carboxylic acids is 1. The van der Waals surface area contributed by atoms with Crippen molar-refractivity contribution < 1.29 is 21.6 Å². The summed E-state index contributed by atoms with van der Waals surface area (Å²) >= 11 is 3.40. The normalized spacial score (nSPS) is 12.2. The van der Waals surface area contributed by atoms with E-state index >= 15 is 0 Å². The first-order valence-electron chi connectivity index (χ1n) is 7.66. The summed E-state index contributed by atoms with van der Waals surface area (Å²) < 4.78 is 49.6. The van der Waals surface area contributed by atoms with Crippen molar-refractivity contribution in [2.24, 2.45) is 5.14 Å². The average Bonchev–Trinajstić information content (AvgIpc) is 2.61. The molecular weight excluding hydrogens is 454 g/mol. The van der Waals surface area contributed by atoms with Gasteiger partial charge in [-0.3, -0.25) is 4.79 Å². The second-order valence-electron chi connectivity index (χ2n) is 5.81. The number of sulfonamides is 1. The van der Waals surface area contributed by atoms with Crippen LogP contribution in [0.25, 0.3) is 10.8 Å². The number of nitrogens with two attached hydrogens (primary N) is 1. The van der Waals surface area contributed by atoms with Gasteiger partial charge in [0.1, 0.15) is 10.6 Å². The molecule has 0 aliphatic rings. The van der Waals surface area contributed by atoms with E-state index in [0.29, 0.717) is 5.39 Å². The Hall–Kier alpha value is -2.07. The average molecular weight is 468 g/mol. The zero-order valence-electron chi connectivity index (χ0n) is 13.8. The Labute approximate surface area is 165 Å². The molecule has 0 fully saturated rings. The number of halogens is 1. The lowest BCUT2D eigenvalue weighted by Gasteiger charge is -2.10. The molecule has 3 aromatic carbocycles. The van der Waals surface area contributed by atoms with Crippen LogP contribution in [0.3, 0.4) is 0 Å². The molecule has 0 saturated heterocycles. The topological polar surface area (TPSA) is 111 Å². The highest BCUT2D eigenvalue weighted by molar-refractivity contribution is 9.10. The predicted molar refractivity (Wildman–Crippen MR) is 106 cm³/mol. The van der Waals surface area contributed by atoms with Gasteiger partial charge < -0.3 is 0 Å². The fourth-order valence-electron chi connectivity index (χ4n) is 2.78. The lowest BCUT2D eigenvalue weighted by Crippen LogP contribution is -2.21. The summed E-state index contributed by atoms with van der Waals surface area (Å²) in [6.45, 7) is 0. The van der Waals surface area contributed by atoms with Gasteiger partial charge in [-0.1, -0.05) is 52.3 Å². The molecule has 0 unspecified atom stereocenters. The molecule has 6 nitrogen and oxygen atoms in total. The molecule has 0 amide bonds. The molecule has 140 valence electrons. The van der Waals surface area contributed by atoms with Crippen molar-refractivity contribution in [3.05, 3.63) is 70.7 Å². The molecule has 0 radical (unpaired) electrons. The fraction of sp³-hybridized carbons (Fsp3) is 0.0556. The molecule has 0 spiro atoms. The minimum absolute atomic E-state index is 0.241. The Bertz CT molecular complexity index is 1270. The van der Waals surface area contributed by atoms with Gasteiger partial charge in [0.15, 0.2) is 15.6 Å². The molecule has 2 N–H and O–H groups in total. The molecule has 3 rings (SSSR count). The summed E-state index contributed by atoms with van der Waals surface area (Å²) in [5.41, 5.74) is 0.241. The summed E-state index contributed by atoms with van der Waals surface area (Å²) in [4.78, 5) is 11.7. The maximum absolute atomic E-state index is 12.7. The van der Waals surface area contributed by atoms with Crippen LogP contribution in [0.2, 0.25) is 0 Å². The molecule has 0 bridgehead atoms. The first-order valence-corrected chi connectivity index (χ1v) is 11.7. The third-order valence-electron chi connectivity index (χ3n) is 3.98. The third-order valence-corrected chi connectivity index (χ3v) is 7.44. The van der Waals surface area contributed by atoms with Crippen molar-refractivity contribution in [1.82, 2.24) is 0 Å². The number of hydrogen-bond donors (Lipinski definition) is 1. The minimum atomic E-state index is -4.25. The van der Waals surface area contributed by atoms with Crippen LogP contribution in [-0.4, -0.2) is 28.4 Å². The van der Waals surface area contributed by atoms with Crippen LogP contribution in [0.5, 0.6) is 0 Å². The van der Waals surface area contributed by atoms with E-state index in [2.05, 4.69) is 15.9 Å². The van der Waals surface area contributed by atoms with Crippen molar-refractivity contribution >= 4 is 52.3 Å². The van der Waals surface area contributed by atoms with Crippen molar-refractivity contribution in [2.45, 2.75) is 9.79 Å². The standard InChI is InChI=1S/C18H14BrNO5S2/c19-15-10-9-14(12-5-1-2-6-13(12)15)16(21)11-26(22,23)17-7-3-4-8-18(17)27(20,24)25/h1-10H,11H2,(H2,20,24,25). The zero-order valence-corrected chi connectivity index (χ0v) is 17.0. The van der Waals surface area contributed by atoms with E-state index in [-0.39, 0.29) is 5.56 Å². The summed E-state index contributed by atoms with van der Waals surface area (Å²) in [5, 5.41) is 6.48. The number of rotatable bonds is 5. The lowest BCUT2D eigenvalue weighted by molar-refractivity contribution is 0.102. The number of Topliss-reactive ketones (excluding diaryl/α,β-unsaturated/α-hetero) is 1. The molecular formula is C18H14BrNO5S2. The molecule has 0 aliphatic carbocycles. The second-order valence-corrected chi connectivity index (χ2v) is 10.2. The van der Waals surface area contributed by atoms with Crippen molar-refractivity contribution in [2.75, 3.05) is 5.75 Å². The van der Waals surface area contributed by atoms with Crippen LogP contribution < -0.4 is 5.14 Å². The van der Waals surface area contributed by atoms with Crippen LogP contribution in [0, 0.1) is 0 Å². The second kappa shape index (κ2) is 7.16. The van der Waals surface area contributed by atoms with Crippen LogP contribution in [0.15, 0.2) is 74.9 Å². The van der Waals surface area contributed by atoms with E-state index in [1.807, 2.05) is 0 Å². The minimum Gasteiger partial charge on any atom is -0.293 e. The predicted octanol–water partition coefficient (Wildman–Crippen LogP) is 2.91. The monoisotopic (exact) mass is 467 g/mol. The zero-order chi connectivity index (χ0) is 19.8. The molecule has 9 heteroatoms. The highest BCUT2D eigenvalue weighted by Gasteiger charge is 2.27. The summed E-state index contributed by atoms with van der Waals surface area (Å²) in [7, 11) is -8.47. The van der Waals surface area contributed by atoms with Gasteiger partial charge in [-0.2, -0.15) is 0 Å². The number of hydrogen-bond acceptors (Lipinski definition) is 5. The Morgan fingerprint density at radius 3 is 2.00 bits per heavy atom. The number of benzene rings is 3. The Kier molecular flexibility index (Phi) is 5.22. The van der Waals surface area contributed by atoms with Gasteiger partial charge in [0, 0.05) is 10.0 Å². The fourth-order valence-corrected chi connectivity index (χ4v) is 5.92. The summed E-state index contributed by atoms with van der Waals surface area (Å²) in [6, 6.07) is 15.2. The van der Waals surface area contributed by atoms with Gasteiger partial charge in [-0.05, 0) is 35.0 Å².